The maximum atomic E-state index is 12.1. The molecule has 0 N–H and O–H groups in total. The molecule has 0 aliphatic rings. The summed E-state index contributed by atoms with van der Waals surface area (Å²) in [4.78, 5) is 23.6. The zero-order valence-electron chi connectivity index (χ0n) is 11.0. The number of hydrogen-bond donors (Lipinski definition) is 0. The molecular formula is C12H22O4. The Balaban J connectivity index is 4.92. The molecule has 16 heavy (non-hydrogen) atoms. The minimum Gasteiger partial charge on any atom is -0.468 e. The third-order valence-corrected chi connectivity index (χ3v) is 2.52. The van der Waals surface area contributed by atoms with Gasteiger partial charge in [-0.3, -0.25) is 9.59 Å². The Morgan fingerprint density at radius 3 is 1.94 bits per heavy atom. The van der Waals surface area contributed by atoms with Gasteiger partial charge in [-0.2, -0.15) is 0 Å². The fraction of sp³-hybridized carbons (Fsp3) is 0.833. The summed E-state index contributed by atoms with van der Waals surface area (Å²) in [6.45, 7) is 7.50. The molecule has 0 saturated heterocycles. The highest BCUT2D eigenvalue weighted by Gasteiger charge is 2.38. The lowest BCUT2D eigenvalue weighted by atomic mass is 9.81. The summed E-state index contributed by atoms with van der Waals surface area (Å²) in [5, 5.41) is 0. The third-order valence-electron chi connectivity index (χ3n) is 2.52. The quantitative estimate of drug-likeness (QED) is 0.534. The lowest BCUT2D eigenvalue weighted by Crippen LogP contribution is -2.42. The first-order valence-electron chi connectivity index (χ1n) is 5.43. The van der Waals surface area contributed by atoms with Crippen molar-refractivity contribution in [3.8, 4) is 0 Å². The Kier molecular flexibility index (Phi) is 5.65. The van der Waals surface area contributed by atoms with Gasteiger partial charge >= 0.3 is 5.97 Å². The lowest BCUT2D eigenvalue weighted by molar-refractivity contribution is -0.155. The van der Waals surface area contributed by atoms with E-state index in [4.69, 9.17) is 4.74 Å². The molecule has 0 aliphatic heterocycles. The molecular weight excluding hydrogens is 208 g/mol. The first-order valence-corrected chi connectivity index (χ1v) is 5.43. The zero-order valence-corrected chi connectivity index (χ0v) is 11.0. The van der Waals surface area contributed by atoms with Gasteiger partial charge in [0.1, 0.15) is 12.0 Å². The minimum absolute atomic E-state index is 0.204. The average Bonchev–Trinajstić information content (AvgIpc) is 2.17. The van der Waals surface area contributed by atoms with Gasteiger partial charge in [0.2, 0.25) is 0 Å². The molecule has 0 fully saturated rings. The molecule has 2 unspecified atom stereocenters. The second-order valence-corrected chi connectivity index (χ2v) is 4.87. The first-order chi connectivity index (χ1) is 7.29. The minimum atomic E-state index is -0.728. The van der Waals surface area contributed by atoms with Crippen LogP contribution in [0, 0.1) is 11.3 Å². The third kappa shape index (κ3) is 3.59. The molecule has 0 rings (SSSR count). The number of ether oxygens (including phenoxy) is 2. The molecule has 4 nitrogen and oxygen atoms in total. The number of methoxy groups -OCH3 is 2. The van der Waals surface area contributed by atoms with Crippen molar-refractivity contribution < 1.29 is 19.1 Å². The molecule has 0 bridgehead atoms. The van der Waals surface area contributed by atoms with E-state index in [0.29, 0.717) is 6.42 Å². The number of carbonyl (C=O) groups excluding carboxylic acids is 2. The Labute approximate surface area is 97.3 Å². The van der Waals surface area contributed by atoms with E-state index < -0.39 is 18.0 Å². The average molecular weight is 230 g/mol. The number of rotatable bonds is 5. The van der Waals surface area contributed by atoms with Crippen molar-refractivity contribution in [1.29, 1.82) is 0 Å². The van der Waals surface area contributed by atoms with Gasteiger partial charge in [0.05, 0.1) is 7.11 Å². The summed E-state index contributed by atoms with van der Waals surface area (Å²) in [5.41, 5.74) is -0.326. The molecule has 0 aromatic carbocycles. The van der Waals surface area contributed by atoms with Gasteiger partial charge in [-0.1, -0.05) is 27.7 Å². The molecule has 0 aliphatic carbocycles. The Bertz CT molecular complexity index is 252. The van der Waals surface area contributed by atoms with Crippen LogP contribution in [0.3, 0.4) is 0 Å². The summed E-state index contributed by atoms with van der Waals surface area (Å²) < 4.78 is 9.81. The maximum absolute atomic E-state index is 12.1. The number of esters is 1. The predicted molar refractivity (Wildman–Crippen MR) is 61.1 cm³/mol. The van der Waals surface area contributed by atoms with E-state index in [1.165, 1.54) is 14.2 Å². The number of ketones is 1. The van der Waals surface area contributed by atoms with Gasteiger partial charge in [-0.15, -0.1) is 0 Å². The Hall–Kier alpha value is -0.900. The van der Waals surface area contributed by atoms with Crippen molar-refractivity contribution in [3.05, 3.63) is 0 Å². The summed E-state index contributed by atoms with van der Waals surface area (Å²) in [6.07, 6.45) is -0.155. The highest BCUT2D eigenvalue weighted by atomic mass is 16.5. The van der Waals surface area contributed by atoms with Gasteiger partial charge in [0.25, 0.3) is 0 Å². The van der Waals surface area contributed by atoms with E-state index in [9.17, 15) is 9.59 Å². The van der Waals surface area contributed by atoms with E-state index in [1.54, 1.807) is 6.92 Å². The first kappa shape index (κ1) is 15.1. The standard InChI is InChI=1S/C12H22O4/c1-7-8(11(14)16-6)9(13)10(15-5)12(2,3)4/h8,10H,7H2,1-6H3. The van der Waals surface area contributed by atoms with E-state index in [-0.39, 0.29) is 11.2 Å². The summed E-state index contributed by atoms with van der Waals surface area (Å²) in [5.74, 6) is -1.42. The second-order valence-electron chi connectivity index (χ2n) is 4.87. The Morgan fingerprint density at radius 1 is 1.19 bits per heavy atom. The van der Waals surface area contributed by atoms with Crippen LogP contribution < -0.4 is 0 Å². The van der Waals surface area contributed by atoms with Gasteiger partial charge < -0.3 is 9.47 Å². The van der Waals surface area contributed by atoms with E-state index >= 15 is 0 Å². The van der Waals surface area contributed by atoms with Crippen LogP contribution in [-0.4, -0.2) is 32.1 Å². The smallest absolute Gasteiger partial charge is 0.316 e. The molecule has 0 aromatic rings. The molecule has 0 spiro atoms. The maximum Gasteiger partial charge on any atom is 0.316 e. The van der Waals surface area contributed by atoms with Crippen LogP contribution in [0.2, 0.25) is 0 Å². The number of carbonyl (C=O) groups is 2. The summed E-state index contributed by atoms with van der Waals surface area (Å²) in [7, 11) is 2.77. The number of hydrogen-bond acceptors (Lipinski definition) is 4. The predicted octanol–water partition coefficient (Wildman–Crippen LogP) is 1.82. The van der Waals surface area contributed by atoms with Gasteiger partial charge in [0, 0.05) is 7.11 Å². The monoisotopic (exact) mass is 230 g/mol. The van der Waals surface area contributed by atoms with Crippen LogP contribution in [0.4, 0.5) is 0 Å². The molecule has 0 saturated carbocycles. The highest BCUT2D eigenvalue weighted by molar-refractivity contribution is 6.01. The van der Waals surface area contributed by atoms with Gasteiger partial charge in [-0.25, -0.2) is 0 Å². The van der Waals surface area contributed by atoms with Crippen molar-refractivity contribution in [2.24, 2.45) is 11.3 Å². The van der Waals surface area contributed by atoms with Crippen molar-refractivity contribution >= 4 is 11.8 Å². The Morgan fingerprint density at radius 2 is 1.69 bits per heavy atom. The van der Waals surface area contributed by atoms with Crippen molar-refractivity contribution in [2.45, 2.75) is 40.2 Å². The molecule has 4 heteroatoms. The SMILES string of the molecule is CCC(C(=O)OC)C(=O)C(OC)C(C)(C)C. The summed E-state index contributed by atoms with van der Waals surface area (Å²) in [6, 6.07) is 0. The van der Waals surface area contributed by atoms with Crippen LogP contribution in [0.15, 0.2) is 0 Å². The van der Waals surface area contributed by atoms with Crippen LogP contribution in [0.1, 0.15) is 34.1 Å². The molecule has 0 amide bonds. The molecule has 0 radical (unpaired) electrons. The summed E-state index contributed by atoms with van der Waals surface area (Å²) >= 11 is 0. The largest absolute Gasteiger partial charge is 0.468 e. The molecule has 94 valence electrons. The van der Waals surface area contributed by atoms with Crippen LogP contribution >= 0.6 is 0 Å². The topological polar surface area (TPSA) is 52.6 Å². The van der Waals surface area contributed by atoms with Crippen LogP contribution in [0.5, 0.6) is 0 Å². The van der Waals surface area contributed by atoms with Crippen molar-refractivity contribution in [2.75, 3.05) is 14.2 Å². The fourth-order valence-corrected chi connectivity index (χ4v) is 1.71. The van der Waals surface area contributed by atoms with Crippen LogP contribution in [-0.2, 0) is 19.1 Å². The van der Waals surface area contributed by atoms with Crippen molar-refractivity contribution in [1.82, 2.24) is 0 Å². The molecule has 0 heterocycles. The lowest BCUT2D eigenvalue weighted by Gasteiger charge is -2.30. The second kappa shape index (κ2) is 5.99. The van der Waals surface area contributed by atoms with Gasteiger partial charge in [-0.05, 0) is 11.8 Å². The van der Waals surface area contributed by atoms with Crippen LogP contribution in [0.25, 0.3) is 0 Å². The molecule has 0 aromatic heterocycles. The number of Topliss-reactive ketones (excluding diaryl/α,β-unsaturated/α-hetero) is 1. The zero-order chi connectivity index (χ0) is 12.9. The molecule has 2 atom stereocenters. The highest BCUT2D eigenvalue weighted by Crippen LogP contribution is 2.26. The van der Waals surface area contributed by atoms with Crippen molar-refractivity contribution in [3.63, 3.8) is 0 Å². The van der Waals surface area contributed by atoms with E-state index in [0.717, 1.165) is 0 Å². The van der Waals surface area contributed by atoms with E-state index in [2.05, 4.69) is 4.74 Å². The fourth-order valence-electron chi connectivity index (χ4n) is 1.71. The normalized spacial score (nSPS) is 15.4. The van der Waals surface area contributed by atoms with E-state index in [1.807, 2.05) is 20.8 Å². The van der Waals surface area contributed by atoms with Gasteiger partial charge in [0.15, 0.2) is 5.78 Å².